The smallest absolute Gasteiger partial charge is 0.0780 e. The summed E-state index contributed by atoms with van der Waals surface area (Å²) in [4.78, 5) is 0. The van der Waals surface area contributed by atoms with Gasteiger partial charge in [0.05, 0.1) is 55.4 Å². The molecule has 0 saturated carbocycles. The van der Waals surface area contributed by atoms with Crippen molar-refractivity contribution < 1.29 is 26.5 Å². The van der Waals surface area contributed by atoms with Crippen LogP contribution in [0.2, 0.25) is 0 Å². The molecule has 0 radical (unpaired) electrons. The zero-order valence-corrected chi connectivity index (χ0v) is 32.6. The summed E-state index contributed by atoms with van der Waals surface area (Å²) in [5.74, 6) is 0. The Hall–Kier alpha value is 0.170. The van der Waals surface area contributed by atoms with Gasteiger partial charge in [-0.05, 0) is 25.7 Å². The molecule has 0 N–H and O–H groups in total. The Balaban J connectivity index is -0.000000327. The SMILES string of the molecule is CCCCCCCCCCCCCCCC[N+](C)(C)C.CCCCCCCCCCCCCCCC[N+](C)(C)C.C[O-].[Cl-]. The molecule has 0 saturated heterocycles. The summed E-state index contributed by atoms with van der Waals surface area (Å²) in [6.45, 7) is 7.25. The third-order valence-electron chi connectivity index (χ3n) is 8.36. The predicted octanol–water partition coefficient (Wildman–Crippen LogP) is 8.33. The maximum atomic E-state index is 8.25. The first-order valence-corrected chi connectivity index (χ1v) is 19.1. The lowest BCUT2D eigenvalue weighted by Gasteiger charge is -2.23. The molecule has 0 aliphatic rings. The average Bonchev–Trinajstić information content (AvgIpc) is 2.94. The Morgan fingerprint density at radius 1 is 0.279 bits per heavy atom. The number of halogens is 1. The van der Waals surface area contributed by atoms with E-state index in [1.165, 1.54) is 193 Å². The van der Waals surface area contributed by atoms with Crippen molar-refractivity contribution in [2.45, 2.75) is 194 Å². The highest BCUT2D eigenvalue weighted by molar-refractivity contribution is 4.50. The van der Waals surface area contributed by atoms with Crippen LogP contribution in [0, 0.1) is 0 Å². The van der Waals surface area contributed by atoms with Crippen LogP contribution in [-0.2, 0) is 0 Å². The summed E-state index contributed by atoms with van der Waals surface area (Å²) in [5, 5.41) is 8.25. The molecule has 0 heterocycles. The zero-order chi connectivity index (χ0) is 32.2. The number of quaternary nitrogens is 2. The Kier molecular flexibility index (Phi) is 46.8. The third kappa shape index (κ3) is 58.3. The van der Waals surface area contributed by atoms with E-state index in [0.29, 0.717) is 0 Å². The number of hydrogen-bond acceptors (Lipinski definition) is 1. The molecule has 0 aliphatic carbocycles. The summed E-state index contributed by atoms with van der Waals surface area (Å²) >= 11 is 0. The van der Waals surface area contributed by atoms with E-state index in [1.54, 1.807) is 0 Å². The number of nitrogens with zero attached hydrogens (tertiary/aromatic N) is 2. The molecular weight excluding hydrogens is 548 g/mol. The molecule has 0 unspecified atom stereocenters. The van der Waals surface area contributed by atoms with Crippen molar-refractivity contribution in [3.63, 3.8) is 0 Å². The van der Waals surface area contributed by atoms with Gasteiger partial charge in [0.1, 0.15) is 0 Å². The highest BCUT2D eigenvalue weighted by Crippen LogP contribution is 2.14. The lowest BCUT2D eigenvalue weighted by atomic mass is 10.0. The topological polar surface area (TPSA) is 23.1 Å². The summed E-state index contributed by atoms with van der Waals surface area (Å²) < 4.78 is 2.25. The van der Waals surface area contributed by atoms with Crippen LogP contribution in [0.15, 0.2) is 0 Å². The lowest BCUT2D eigenvalue weighted by molar-refractivity contribution is -0.870. The number of rotatable bonds is 30. The quantitative estimate of drug-likeness (QED) is 0.0575. The maximum Gasteiger partial charge on any atom is 0.0780 e. The van der Waals surface area contributed by atoms with Crippen molar-refractivity contribution in [1.82, 2.24) is 0 Å². The van der Waals surface area contributed by atoms with Crippen molar-refractivity contribution in [2.24, 2.45) is 0 Å². The molecule has 0 aromatic heterocycles. The van der Waals surface area contributed by atoms with Gasteiger partial charge >= 0.3 is 0 Å². The van der Waals surface area contributed by atoms with E-state index in [2.05, 4.69) is 56.1 Å². The minimum absolute atomic E-state index is 0. The number of unbranched alkanes of at least 4 members (excludes halogenated alkanes) is 26. The van der Waals surface area contributed by atoms with Crippen molar-refractivity contribution in [3.05, 3.63) is 0 Å². The standard InChI is InChI=1S/2C19H42N.CH3O.ClH/c2*1-5-6-7-8-9-10-11-12-13-14-15-16-17-18-19-20(2,3)4;1-2;/h2*5-19H2,1-4H3;1H3;1H/q2*+1;-1;/p-1. The molecule has 0 amide bonds. The summed E-state index contributed by atoms with van der Waals surface area (Å²) in [5.41, 5.74) is 0. The van der Waals surface area contributed by atoms with Crippen LogP contribution in [0.1, 0.15) is 194 Å². The first kappa shape index (κ1) is 50.0. The molecule has 4 heteroatoms. The summed E-state index contributed by atoms with van der Waals surface area (Å²) in [6, 6.07) is 0. The van der Waals surface area contributed by atoms with Crippen LogP contribution in [0.25, 0.3) is 0 Å². The zero-order valence-electron chi connectivity index (χ0n) is 31.9. The Morgan fingerprint density at radius 3 is 0.558 bits per heavy atom. The fourth-order valence-electron chi connectivity index (χ4n) is 5.56. The Morgan fingerprint density at radius 2 is 0.419 bits per heavy atom. The highest BCUT2D eigenvalue weighted by atomic mass is 35.5. The first-order valence-electron chi connectivity index (χ1n) is 19.1. The highest BCUT2D eigenvalue weighted by Gasteiger charge is 2.06. The maximum absolute atomic E-state index is 8.25. The van der Waals surface area contributed by atoms with Crippen molar-refractivity contribution >= 4 is 0 Å². The van der Waals surface area contributed by atoms with Crippen molar-refractivity contribution in [2.75, 3.05) is 62.5 Å². The fourth-order valence-corrected chi connectivity index (χ4v) is 5.56. The third-order valence-corrected chi connectivity index (χ3v) is 8.36. The lowest BCUT2D eigenvalue weighted by Crippen LogP contribution is -3.00. The van der Waals surface area contributed by atoms with Gasteiger partial charge in [-0.25, -0.2) is 0 Å². The van der Waals surface area contributed by atoms with Gasteiger partial charge in [0.15, 0.2) is 0 Å². The van der Waals surface area contributed by atoms with E-state index < -0.39 is 0 Å². The van der Waals surface area contributed by atoms with Crippen LogP contribution < -0.4 is 17.5 Å². The Labute approximate surface area is 282 Å². The molecule has 43 heavy (non-hydrogen) atoms. The predicted molar refractivity (Wildman–Crippen MR) is 192 cm³/mol. The monoisotopic (exact) mass is 635 g/mol. The second-order valence-electron chi connectivity index (χ2n) is 15.2. The summed E-state index contributed by atoms with van der Waals surface area (Å²) in [7, 11) is 14.5. The minimum atomic E-state index is 0. The second kappa shape index (κ2) is 40.2. The average molecular weight is 636 g/mol. The molecule has 266 valence electrons. The molecule has 0 atom stereocenters. The molecule has 0 rings (SSSR count). The van der Waals surface area contributed by atoms with Gasteiger partial charge in [-0.1, -0.05) is 168 Å². The molecule has 0 bridgehead atoms. The van der Waals surface area contributed by atoms with Gasteiger partial charge < -0.3 is 26.5 Å². The normalized spacial score (nSPS) is 11.3. The van der Waals surface area contributed by atoms with Crippen molar-refractivity contribution in [1.29, 1.82) is 0 Å². The van der Waals surface area contributed by atoms with Crippen LogP contribution >= 0.6 is 0 Å². The van der Waals surface area contributed by atoms with E-state index >= 15 is 0 Å². The van der Waals surface area contributed by atoms with Crippen LogP contribution in [0.3, 0.4) is 0 Å². The minimum Gasteiger partial charge on any atom is -1.00 e. The Bertz CT molecular complexity index is 417. The summed E-state index contributed by atoms with van der Waals surface area (Å²) in [6.07, 6.45) is 40.7. The van der Waals surface area contributed by atoms with Gasteiger partial charge in [-0.2, -0.15) is 7.11 Å². The van der Waals surface area contributed by atoms with Gasteiger partial charge in [-0.3, -0.25) is 0 Å². The second-order valence-corrected chi connectivity index (χ2v) is 15.2. The molecule has 3 nitrogen and oxygen atoms in total. The van der Waals surface area contributed by atoms with Crippen LogP contribution in [0.5, 0.6) is 0 Å². The largest absolute Gasteiger partial charge is 1.00 e. The van der Waals surface area contributed by atoms with Gasteiger partial charge in [0.25, 0.3) is 0 Å². The first-order chi connectivity index (χ1) is 20.1. The fraction of sp³-hybridized carbons (Fsp3) is 1.00. The van der Waals surface area contributed by atoms with Crippen LogP contribution in [-0.4, -0.2) is 71.5 Å². The van der Waals surface area contributed by atoms with E-state index in [0.717, 1.165) is 16.1 Å². The van der Waals surface area contributed by atoms with E-state index in [9.17, 15) is 0 Å². The van der Waals surface area contributed by atoms with E-state index in [1.807, 2.05) is 0 Å². The molecule has 0 aromatic carbocycles. The molecular formula is C39H87ClN2O. The van der Waals surface area contributed by atoms with Gasteiger partial charge in [0, 0.05) is 0 Å². The van der Waals surface area contributed by atoms with E-state index in [-0.39, 0.29) is 12.4 Å². The molecule has 0 aliphatic heterocycles. The molecule has 0 aromatic rings. The molecule has 0 spiro atoms. The van der Waals surface area contributed by atoms with Gasteiger partial charge in [-0.15, -0.1) is 0 Å². The van der Waals surface area contributed by atoms with E-state index in [4.69, 9.17) is 5.11 Å². The van der Waals surface area contributed by atoms with Crippen molar-refractivity contribution in [3.8, 4) is 0 Å². The number of hydrogen-bond donors (Lipinski definition) is 0. The molecule has 0 fully saturated rings. The van der Waals surface area contributed by atoms with Crippen LogP contribution in [0.4, 0.5) is 0 Å². The van der Waals surface area contributed by atoms with Gasteiger partial charge in [0.2, 0.25) is 0 Å².